The minimum Gasteiger partial charge on any atom is -0.377 e. The van der Waals surface area contributed by atoms with E-state index in [1.807, 2.05) is 0 Å². The highest BCUT2D eigenvalue weighted by Gasteiger charge is 2.53. The summed E-state index contributed by atoms with van der Waals surface area (Å²) in [7, 11) is 8.04. The Morgan fingerprint density at radius 1 is 0.630 bits per heavy atom. The van der Waals surface area contributed by atoms with E-state index < -0.39 is 210 Å². The third kappa shape index (κ3) is 21.8. The number of alkyl halides is 9. The number of ether oxygens (including phenoxy) is 1. The molecule has 0 unspecified atom stereocenters. The van der Waals surface area contributed by atoms with Gasteiger partial charge in [0, 0.05) is 88.4 Å². The largest absolute Gasteiger partial charge is 0.417 e. The Balaban J connectivity index is 1.34. The van der Waals surface area contributed by atoms with Gasteiger partial charge in [-0.3, -0.25) is 57.5 Å². The summed E-state index contributed by atoms with van der Waals surface area (Å²) in [5.41, 5.74) is -3.75. The zero-order valence-corrected chi connectivity index (χ0v) is 63.4. The van der Waals surface area contributed by atoms with Gasteiger partial charge in [-0.1, -0.05) is 82.2 Å². The molecule has 3 saturated heterocycles. The average molecular weight is 1560 g/mol. The lowest BCUT2D eigenvalue weighted by Crippen LogP contribution is -2.65. The van der Waals surface area contributed by atoms with E-state index in [2.05, 4.69) is 16.0 Å². The van der Waals surface area contributed by atoms with Crippen molar-refractivity contribution in [2.75, 3.05) is 95.2 Å². The Labute approximate surface area is 627 Å². The Morgan fingerprint density at radius 2 is 1.22 bits per heavy atom. The highest BCUT2D eigenvalue weighted by Crippen LogP contribution is 2.39. The van der Waals surface area contributed by atoms with E-state index in [1.165, 1.54) is 30.8 Å². The van der Waals surface area contributed by atoms with Gasteiger partial charge in [-0.05, 0) is 106 Å². The van der Waals surface area contributed by atoms with E-state index in [0.29, 0.717) is 56.3 Å². The van der Waals surface area contributed by atoms with Crippen LogP contribution in [0.4, 0.5) is 39.5 Å². The van der Waals surface area contributed by atoms with E-state index in [-0.39, 0.29) is 75.9 Å². The number of fused-ring (bicyclic) bond motifs is 1. The molecule has 108 heavy (non-hydrogen) atoms. The quantitative estimate of drug-likeness (QED) is 0.199. The van der Waals surface area contributed by atoms with Crippen molar-refractivity contribution in [1.29, 1.82) is 0 Å². The SMILES string of the molecule is CCO[C@@H]1C[C@H]2C(=O)NC3(CCCC3)C(=O)N(C)[C@@H](C3CCCCC3)C(=O)N(C)[C@H](C(=O)N3CCCC3)CC(=O)N(C)[C@@H](CC(F)(F)F)C(=O)N[C@@H]([C@@H](C)CC)C(=O)N(C)CC(=O)N(C)CC(=O)N(C)[C@@H](Cc3ccc(C(F)(F)F)cc3)C(=O)N(C)CC(=O)N[C@@H](CCc3ccc(C(F)(F)F)c(Cl)c3)C(=O)N2C1. The Bertz CT molecular complexity index is 3590. The van der Waals surface area contributed by atoms with E-state index >= 15 is 19.2 Å². The minimum absolute atomic E-state index is 0.0118. The summed E-state index contributed by atoms with van der Waals surface area (Å²) in [6.07, 6.45) is -15.2. The van der Waals surface area contributed by atoms with Crippen LogP contribution in [0.5, 0.6) is 0 Å². The number of amides is 12. The fraction of sp³-hybridized carbons (Fsp3) is 0.671. The topological polar surface area (TPSA) is 279 Å². The molecule has 0 aromatic heterocycles. The molecule has 5 fully saturated rings. The van der Waals surface area contributed by atoms with Gasteiger partial charge < -0.3 is 64.8 Å². The average Bonchev–Trinajstić information content (AvgIpc) is 1.55. The van der Waals surface area contributed by atoms with Gasteiger partial charge in [0.1, 0.15) is 47.8 Å². The van der Waals surface area contributed by atoms with Crippen molar-refractivity contribution in [2.45, 2.75) is 209 Å². The highest BCUT2D eigenvalue weighted by molar-refractivity contribution is 6.31. The second-order valence-electron chi connectivity index (χ2n) is 29.3. The summed E-state index contributed by atoms with van der Waals surface area (Å²) in [5.74, 6) is -13.2. The number of hydrogen-bond acceptors (Lipinski definition) is 13. The standard InChI is InChI=1S/C73H100ClF9N12O13/c1-11-43(3)60-67(105)89(6)41-58(98)87(4)42-59(99)90(7)53(35-45-22-26-47(27-23-45)72(78,79)80)65(103)88(5)40-56(96)84-51(29-25-44-24-28-49(50(74)34-44)73(81,82)83)64(102)95-39-48(108-12-2)36-52(95)63(101)86-70(30-16-17-31-70)69(107)93(10)61(46-20-14-13-15-21-46)68(106)92(9)54(66(104)94-32-18-19-33-94)37-57(97)91(8)55(62(100)85-60)38-71(75,76)77/h22-24,26-28,34,43,46,48,51-55,60-61H,11-21,25,29-33,35-42H2,1-10H3,(H,84,96)(H,85,100)(H,86,101)/t43-,48+,51-,52-,53-,54-,55-,60-,61-/m0/s1. The lowest BCUT2D eigenvalue weighted by molar-refractivity contribution is -0.163. The number of aryl methyl sites for hydroxylation is 1. The predicted molar refractivity (Wildman–Crippen MR) is 375 cm³/mol. The molecule has 1 spiro atoms. The van der Waals surface area contributed by atoms with E-state index in [9.17, 15) is 77.9 Å². The fourth-order valence-electron chi connectivity index (χ4n) is 15.0. The molecule has 3 aliphatic heterocycles. The molecule has 2 aromatic carbocycles. The minimum atomic E-state index is -5.15. The predicted octanol–water partition coefficient (Wildman–Crippen LogP) is 6.25. The maximum atomic E-state index is 15.8. The van der Waals surface area contributed by atoms with Gasteiger partial charge in [0.05, 0.1) is 54.7 Å². The molecular formula is C73H100ClF9N12O13. The monoisotopic (exact) mass is 1560 g/mol. The normalized spacial score (nSPS) is 25.6. The third-order valence-corrected chi connectivity index (χ3v) is 22.0. The molecule has 5 aliphatic rings. The Hall–Kier alpha value is -8.30. The van der Waals surface area contributed by atoms with Crippen LogP contribution in [0.25, 0.3) is 0 Å². The van der Waals surface area contributed by atoms with Crippen molar-refractivity contribution in [3.63, 3.8) is 0 Å². The number of nitrogens with one attached hydrogen (secondary N) is 3. The summed E-state index contributed by atoms with van der Waals surface area (Å²) in [6.45, 7) is 2.30. The Morgan fingerprint density at radius 3 is 1.80 bits per heavy atom. The molecule has 2 aliphatic carbocycles. The van der Waals surface area contributed by atoms with Crippen LogP contribution in [0, 0.1) is 11.8 Å². The van der Waals surface area contributed by atoms with Crippen LogP contribution >= 0.6 is 11.6 Å². The van der Waals surface area contributed by atoms with Crippen LogP contribution in [-0.4, -0.2) is 270 Å². The molecule has 2 saturated carbocycles. The first-order chi connectivity index (χ1) is 50.5. The first-order valence-electron chi connectivity index (χ1n) is 36.5. The van der Waals surface area contributed by atoms with Crippen molar-refractivity contribution < 1.29 is 102 Å². The number of hydrogen-bond donors (Lipinski definition) is 3. The summed E-state index contributed by atoms with van der Waals surface area (Å²) in [5, 5.41) is 7.26. The number of likely N-dealkylation sites (N-methyl/N-ethyl adjacent to an activating group) is 7. The molecule has 3 N–H and O–H groups in total. The van der Waals surface area contributed by atoms with Crippen LogP contribution in [0.2, 0.25) is 5.02 Å². The lowest BCUT2D eigenvalue weighted by atomic mass is 9.81. The van der Waals surface area contributed by atoms with Crippen LogP contribution in [0.1, 0.15) is 146 Å². The van der Waals surface area contributed by atoms with Gasteiger partial charge in [-0.15, -0.1) is 0 Å². The molecule has 0 bridgehead atoms. The maximum Gasteiger partial charge on any atom is 0.417 e. The maximum absolute atomic E-state index is 15.8. The molecule has 12 amide bonds. The zero-order valence-electron chi connectivity index (χ0n) is 62.6. The van der Waals surface area contributed by atoms with Gasteiger partial charge in [0.15, 0.2) is 0 Å². The van der Waals surface area contributed by atoms with Gasteiger partial charge in [0.2, 0.25) is 70.9 Å². The third-order valence-electron chi connectivity index (χ3n) is 21.7. The zero-order chi connectivity index (χ0) is 80.2. The summed E-state index contributed by atoms with van der Waals surface area (Å²) in [4.78, 5) is 188. The van der Waals surface area contributed by atoms with Gasteiger partial charge in [-0.2, -0.15) is 39.5 Å². The second-order valence-corrected chi connectivity index (χ2v) is 29.7. The van der Waals surface area contributed by atoms with E-state index in [4.69, 9.17) is 16.3 Å². The van der Waals surface area contributed by atoms with Crippen molar-refractivity contribution in [1.82, 2.24) is 60.0 Å². The number of benzene rings is 2. The molecule has 25 nitrogen and oxygen atoms in total. The van der Waals surface area contributed by atoms with Crippen molar-refractivity contribution in [3.8, 4) is 0 Å². The smallest absolute Gasteiger partial charge is 0.377 e. The number of likely N-dealkylation sites (tertiary alicyclic amines) is 1. The first kappa shape index (κ1) is 86.9. The fourth-order valence-corrected chi connectivity index (χ4v) is 15.3. The molecule has 35 heteroatoms. The summed E-state index contributed by atoms with van der Waals surface area (Å²) >= 11 is 6.14. The molecule has 9 atom stereocenters. The van der Waals surface area contributed by atoms with Gasteiger partial charge >= 0.3 is 18.5 Å². The van der Waals surface area contributed by atoms with Crippen molar-refractivity contribution in [3.05, 3.63) is 69.7 Å². The van der Waals surface area contributed by atoms with Crippen LogP contribution in [0.3, 0.4) is 0 Å². The second kappa shape index (κ2) is 36.9. The van der Waals surface area contributed by atoms with Crippen LogP contribution < -0.4 is 16.0 Å². The summed E-state index contributed by atoms with van der Waals surface area (Å²) < 4.78 is 134. The summed E-state index contributed by atoms with van der Waals surface area (Å²) in [6, 6.07) is -5.58. The van der Waals surface area contributed by atoms with Gasteiger partial charge in [0.25, 0.3) is 0 Å². The van der Waals surface area contributed by atoms with Crippen molar-refractivity contribution in [2.24, 2.45) is 11.8 Å². The highest BCUT2D eigenvalue weighted by atomic mass is 35.5. The van der Waals surface area contributed by atoms with E-state index in [1.54, 1.807) is 13.8 Å². The molecule has 3 heterocycles. The number of nitrogens with zero attached hydrogens (tertiary/aromatic N) is 9. The van der Waals surface area contributed by atoms with Crippen LogP contribution in [-0.2, 0) is 87.5 Å². The molecular weight excluding hydrogens is 1460 g/mol. The molecule has 600 valence electrons. The molecule has 7 rings (SSSR count). The Kier molecular flexibility index (Phi) is 29.7. The number of rotatable bonds is 12. The van der Waals surface area contributed by atoms with E-state index in [0.717, 1.165) is 114 Å². The molecule has 0 radical (unpaired) electrons. The first-order valence-corrected chi connectivity index (χ1v) is 36.9. The van der Waals surface area contributed by atoms with Gasteiger partial charge in [-0.25, -0.2) is 0 Å². The molecule has 2 aromatic rings. The van der Waals surface area contributed by atoms with Crippen LogP contribution in [0.15, 0.2) is 42.5 Å². The lowest BCUT2D eigenvalue weighted by Gasteiger charge is -2.43. The van der Waals surface area contributed by atoms with Crippen molar-refractivity contribution >= 4 is 82.5 Å². The number of carbonyl (C=O) groups is 12. The number of carbonyl (C=O) groups excluding carboxylic acids is 12. The number of halogens is 10.